The third-order valence-corrected chi connectivity index (χ3v) is 5.74. The van der Waals surface area contributed by atoms with Crippen molar-refractivity contribution in [2.45, 2.75) is 25.6 Å². The molecule has 4 rings (SSSR count). The normalized spacial score (nSPS) is 11.3. The lowest BCUT2D eigenvalue weighted by Crippen LogP contribution is -2.51. The fourth-order valence-corrected chi connectivity index (χ4v) is 3.88. The first-order valence-corrected chi connectivity index (χ1v) is 11.9. The van der Waals surface area contributed by atoms with Crippen molar-refractivity contribution in [3.8, 4) is 5.75 Å². The van der Waals surface area contributed by atoms with E-state index < -0.39 is 6.04 Å². The van der Waals surface area contributed by atoms with Crippen molar-refractivity contribution in [2.24, 2.45) is 0 Å². The van der Waals surface area contributed by atoms with Gasteiger partial charge in [0, 0.05) is 19.2 Å². The summed E-state index contributed by atoms with van der Waals surface area (Å²) in [6.07, 6.45) is 2.06. The molecule has 3 aromatic carbocycles. The lowest BCUT2D eigenvalue weighted by atomic mass is 10.0. The number of amides is 2. The molecule has 0 saturated heterocycles. The van der Waals surface area contributed by atoms with Gasteiger partial charge in [-0.15, -0.1) is 0 Å². The molecule has 0 radical (unpaired) electrons. The highest BCUT2D eigenvalue weighted by Gasteiger charge is 2.30. The molecule has 4 aromatic rings. The predicted molar refractivity (Wildman–Crippen MR) is 139 cm³/mol. The highest BCUT2D eigenvalue weighted by atomic mass is 16.5. The van der Waals surface area contributed by atoms with Gasteiger partial charge in [-0.3, -0.25) is 14.6 Å². The van der Waals surface area contributed by atoms with Crippen LogP contribution in [0.2, 0.25) is 0 Å². The van der Waals surface area contributed by atoms with Gasteiger partial charge in [0.15, 0.2) is 6.61 Å². The Labute approximate surface area is 211 Å². The van der Waals surface area contributed by atoms with Gasteiger partial charge in [-0.2, -0.15) is 0 Å². The maximum atomic E-state index is 13.6. The second-order valence-corrected chi connectivity index (χ2v) is 8.35. The molecule has 0 bridgehead atoms. The highest BCUT2D eigenvalue weighted by molar-refractivity contribution is 5.88. The number of pyridine rings is 1. The number of hydrogen-bond acceptors (Lipinski definition) is 4. The molecule has 1 N–H and O–H groups in total. The van der Waals surface area contributed by atoms with Crippen LogP contribution in [0.4, 0.5) is 0 Å². The Morgan fingerprint density at radius 3 is 2.03 bits per heavy atom. The second-order valence-electron chi connectivity index (χ2n) is 8.35. The van der Waals surface area contributed by atoms with E-state index in [1.54, 1.807) is 23.2 Å². The Bertz CT molecular complexity index is 1120. The first-order valence-electron chi connectivity index (χ1n) is 11.9. The summed E-state index contributed by atoms with van der Waals surface area (Å²) in [5, 5.41) is 2.98. The predicted octanol–water partition coefficient (Wildman–Crippen LogP) is 4.42. The Hall–Kier alpha value is -4.45. The van der Waals surface area contributed by atoms with Gasteiger partial charge in [-0.05, 0) is 35.4 Å². The van der Waals surface area contributed by atoms with Crippen LogP contribution < -0.4 is 10.1 Å². The van der Waals surface area contributed by atoms with Crippen molar-refractivity contribution in [3.05, 3.63) is 132 Å². The zero-order valence-corrected chi connectivity index (χ0v) is 20.0. The van der Waals surface area contributed by atoms with Gasteiger partial charge in [0.05, 0.1) is 12.2 Å². The van der Waals surface area contributed by atoms with Crippen LogP contribution in [0.25, 0.3) is 0 Å². The van der Waals surface area contributed by atoms with Gasteiger partial charge >= 0.3 is 0 Å². The number of carbonyl (C=O) groups excluding carboxylic acids is 2. The summed E-state index contributed by atoms with van der Waals surface area (Å²) in [6.45, 7) is 0.390. The van der Waals surface area contributed by atoms with Crippen LogP contribution in [0.1, 0.15) is 16.8 Å². The summed E-state index contributed by atoms with van der Waals surface area (Å²) in [6, 6.07) is 33.4. The van der Waals surface area contributed by atoms with Crippen molar-refractivity contribution in [1.82, 2.24) is 15.2 Å². The number of nitrogens with one attached hydrogen (secondary N) is 1. The van der Waals surface area contributed by atoms with Crippen LogP contribution in [0.5, 0.6) is 5.75 Å². The molecule has 0 aliphatic carbocycles. The summed E-state index contributed by atoms with van der Waals surface area (Å²) in [5.74, 6) is 0.0924. The molecule has 0 aliphatic rings. The van der Waals surface area contributed by atoms with Crippen molar-refractivity contribution in [2.75, 3.05) is 6.61 Å². The number of aromatic nitrogens is 1. The SMILES string of the molecule is O=C(NCc1ccccn1)[C@H](Cc1ccccc1)N(Cc1ccccc1)C(=O)COc1ccccc1. The first-order chi connectivity index (χ1) is 17.7. The third-order valence-electron chi connectivity index (χ3n) is 5.74. The van der Waals surface area contributed by atoms with Crippen LogP contribution in [-0.2, 0) is 29.1 Å². The van der Waals surface area contributed by atoms with E-state index in [0.717, 1.165) is 16.8 Å². The van der Waals surface area contributed by atoms with E-state index in [1.807, 2.05) is 97.1 Å². The average Bonchev–Trinajstić information content (AvgIpc) is 2.94. The van der Waals surface area contributed by atoms with Crippen molar-refractivity contribution >= 4 is 11.8 Å². The summed E-state index contributed by atoms with van der Waals surface area (Å²) in [7, 11) is 0. The molecule has 1 atom stereocenters. The molecule has 0 aliphatic heterocycles. The van der Waals surface area contributed by atoms with Gasteiger partial charge in [-0.25, -0.2) is 0 Å². The number of rotatable bonds is 11. The molecule has 6 heteroatoms. The zero-order valence-electron chi connectivity index (χ0n) is 20.0. The Balaban J connectivity index is 1.59. The van der Waals surface area contributed by atoms with Crippen LogP contribution in [0, 0.1) is 0 Å². The zero-order chi connectivity index (χ0) is 25.0. The molecule has 6 nitrogen and oxygen atoms in total. The number of para-hydroxylation sites is 1. The Morgan fingerprint density at radius 2 is 1.39 bits per heavy atom. The Morgan fingerprint density at radius 1 is 0.778 bits per heavy atom. The van der Waals surface area contributed by atoms with Gasteiger partial charge < -0.3 is 15.0 Å². The number of carbonyl (C=O) groups is 2. The monoisotopic (exact) mass is 479 g/mol. The van der Waals surface area contributed by atoms with Crippen molar-refractivity contribution < 1.29 is 14.3 Å². The first kappa shape index (κ1) is 24.7. The minimum absolute atomic E-state index is 0.171. The smallest absolute Gasteiger partial charge is 0.261 e. The molecule has 182 valence electrons. The van der Waals surface area contributed by atoms with E-state index in [0.29, 0.717) is 12.2 Å². The Kier molecular flexibility index (Phi) is 8.81. The maximum absolute atomic E-state index is 13.6. The number of benzene rings is 3. The molecule has 1 aromatic heterocycles. The lowest BCUT2D eigenvalue weighted by Gasteiger charge is -2.31. The molecule has 0 saturated carbocycles. The summed E-state index contributed by atoms with van der Waals surface area (Å²) in [4.78, 5) is 33.0. The number of nitrogens with zero attached hydrogens (tertiary/aromatic N) is 2. The van der Waals surface area contributed by atoms with Crippen LogP contribution in [0.15, 0.2) is 115 Å². The molecule has 1 heterocycles. The quantitative estimate of drug-likeness (QED) is 0.346. The average molecular weight is 480 g/mol. The summed E-state index contributed by atoms with van der Waals surface area (Å²) < 4.78 is 5.76. The molecular formula is C30H29N3O3. The number of ether oxygens (including phenoxy) is 1. The summed E-state index contributed by atoms with van der Waals surface area (Å²) in [5.41, 5.74) is 2.64. The van der Waals surface area contributed by atoms with Crippen LogP contribution in [0.3, 0.4) is 0 Å². The van der Waals surface area contributed by atoms with E-state index in [1.165, 1.54) is 0 Å². The van der Waals surface area contributed by atoms with E-state index in [9.17, 15) is 9.59 Å². The minimum Gasteiger partial charge on any atom is -0.484 e. The fourth-order valence-electron chi connectivity index (χ4n) is 3.88. The molecule has 0 spiro atoms. The standard InChI is InChI=1S/C30H29N3O3/c34-29(23-36-27-17-8-3-9-18-27)33(22-25-14-6-2-7-15-25)28(20-24-12-4-1-5-13-24)30(35)32-21-26-16-10-11-19-31-26/h1-19,28H,20-23H2,(H,32,35)/t28-/m0/s1. The van der Waals surface area contributed by atoms with Crippen molar-refractivity contribution in [1.29, 1.82) is 0 Å². The highest BCUT2D eigenvalue weighted by Crippen LogP contribution is 2.16. The lowest BCUT2D eigenvalue weighted by molar-refractivity contribution is -0.142. The second kappa shape index (κ2) is 12.9. The van der Waals surface area contributed by atoms with Crippen molar-refractivity contribution in [3.63, 3.8) is 0 Å². The molecule has 36 heavy (non-hydrogen) atoms. The molecular weight excluding hydrogens is 450 g/mol. The van der Waals surface area contributed by atoms with Crippen LogP contribution >= 0.6 is 0 Å². The van der Waals surface area contributed by atoms with Gasteiger partial charge in [0.25, 0.3) is 5.91 Å². The molecule has 0 fully saturated rings. The maximum Gasteiger partial charge on any atom is 0.261 e. The molecule has 2 amide bonds. The van der Waals surface area contributed by atoms with Gasteiger partial charge in [0.1, 0.15) is 11.8 Å². The minimum atomic E-state index is -0.733. The van der Waals surface area contributed by atoms with Gasteiger partial charge in [0.2, 0.25) is 5.91 Å². The number of hydrogen-bond donors (Lipinski definition) is 1. The van der Waals surface area contributed by atoms with E-state index in [4.69, 9.17) is 4.74 Å². The van der Waals surface area contributed by atoms with E-state index in [-0.39, 0.29) is 31.5 Å². The van der Waals surface area contributed by atoms with Crippen LogP contribution in [-0.4, -0.2) is 34.3 Å². The summed E-state index contributed by atoms with van der Waals surface area (Å²) >= 11 is 0. The van der Waals surface area contributed by atoms with E-state index in [2.05, 4.69) is 10.3 Å². The largest absolute Gasteiger partial charge is 0.484 e. The third kappa shape index (κ3) is 7.27. The van der Waals surface area contributed by atoms with E-state index >= 15 is 0 Å². The topological polar surface area (TPSA) is 71.5 Å². The van der Waals surface area contributed by atoms with Gasteiger partial charge in [-0.1, -0.05) is 84.9 Å². The molecule has 0 unspecified atom stereocenters. The fraction of sp³-hybridized carbons (Fsp3) is 0.167.